The molecule has 7 amide bonds. The number of unbranched alkanes of at least 4 members (excludes halogenated alkanes) is 4. The molecule has 3 fully saturated rings. The minimum atomic E-state index is -4.74. The number of fused-ring (bicyclic) bond motifs is 2. The zero-order chi connectivity index (χ0) is 69.3. The molecule has 1 unspecified atom stereocenters. The molecule has 36 heteroatoms. The van der Waals surface area contributed by atoms with Crippen molar-refractivity contribution in [3.8, 4) is 38.4 Å². The van der Waals surface area contributed by atoms with E-state index >= 15 is 0 Å². The molecule has 0 bridgehead atoms. The van der Waals surface area contributed by atoms with E-state index in [0.29, 0.717) is 27.9 Å². The number of benzene rings is 3. The summed E-state index contributed by atoms with van der Waals surface area (Å²) in [7, 11) is 1.69. The van der Waals surface area contributed by atoms with E-state index in [2.05, 4.69) is 46.3 Å². The van der Waals surface area contributed by atoms with Gasteiger partial charge in [-0.3, -0.25) is 47.2 Å². The van der Waals surface area contributed by atoms with Crippen LogP contribution in [0.2, 0.25) is 0 Å². The fourth-order valence-corrected chi connectivity index (χ4v) is 12.4. The van der Waals surface area contributed by atoms with Gasteiger partial charge < -0.3 is 101 Å². The van der Waals surface area contributed by atoms with Crippen LogP contribution in [0.3, 0.4) is 0 Å². The molecule has 18 N–H and O–H groups in total. The summed E-state index contributed by atoms with van der Waals surface area (Å²) in [5, 5.41) is 123. The summed E-state index contributed by atoms with van der Waals surface area (Å²) in [5.41, 5.74) is 1.29. The summed E-state index contributed by atoms with van der Waals surface area (Å²) in [4.78, 5) is 104. The van der Waals surface area contributed by atoms with Gasteiger partial charge in [-0.05, 0) is 86.8 Å². The Morgan fingerprint density at radius 3 is 1.94 bits per heavy atom. The number of aliphatic hydroxyl groups is 8. The van der Waals surface area contributed by atoms with Crippen LogP contribution in [-0.2, 0) is 39.9 Å². The summed E-state index contributed by atoms with van der Waals surface area (Å²) in [5.74, 6) is -9.81. The number of phenols is 1. The summed E-state index contributed by atoms with van der Waals surface area (Å²) >= 11 is -3.46. The summed E-state index contributed by atoms with van der Waals surface area (Å²) in [6.45, 7) is 0.836. The van der Waals surface area contributed by atoms with Crippen LogP contribution < -0.4 is 40.8 Å². The third kappa shape index (κ3) is 23.9. The first-order chi connectivity index (χ1) is 45.2. The number of hydrogen-bond acceptors (Lipinski definition) is 26. The number of hydrogen-bond donors (Lipinski definition) is 18. The largest absolute Gasteiger partial charge is 0.504 e. The topological polar surface area (TPSA) is 494 Å². The fraction of sp³-hybridized carbons (Fsp3) is 0.557. The standard InChI is InChI=1S/C61H86N10O22S2.2Ac/c1-32-28-71-51(52(32)80)57(85)63-27-39(75)25-42(64-53(81)35-10-12-36(13-11-35)58-68-69-59(94-58)37-14-16-41(17-15-37)92-22-8-6-4-5-7-21-91-3)54(82)65-48(33(2)74)60(86)70-29-40(76)26-43(70)55(83)66-49(46(79)23-34-9-18-44(77)47(24-34)93-95(88,89)90)56(84)67-50(61(71)87)45(78)19-20-62-38(30-72)31-73;;/h9-18,24,32-33,38-40,42-43,45-46,48-52,62,72-80,88-90H,4-8,19-23,25-31H2,1-3H3,(H,63,85)(H,64,81)(H,65,82)(H,66,83)(H,67,84);;/t32-,33+,39+,40+,42?,43-,45+,46+,48-,49-,50-,51-,52-;;/m0../s1. The molecule has 0 spiro atoms. The molecule has 32 nitrogen and oxygen atoms in total. The summed E-state index contributed by atoms with van der Waals surface area (Å²) in [6, 6.07) is 3.93. The van der Waals surface area contributed by atoms with Crippen LogP contribution in [0.15, 0.2) is 66.7 Å². The Balaban J connectivity index is 0.00000850. The molecule has 3 aliphatic heterocycles. The van der Waals surface area contributed by atoms with Gasteiger partial charge in [0, 0.05) is 163 Å². The van der Waals surface area contributed by atoms with Crippen molar-refractivity contribution >= 4 is 63.8 Å². The molecule has 2 radical (unpaired) electrons. The van der Waals surface area contributed by atoms with Crippen LogP contribution in [0.25, 0.3) is 21.1 Å². The molecule has 0 aliphatic carbocycles. The monoisotopic (exact) mass is 1830 g/mol. The van der Waals surface area contributed by atoms with Gasteiger partial charge in [0.2, 0.25) is 35.4 Å². The van der Waals surface area contributed by atoms with Crippen molar-refractivity contribution in [2.24, 2.45) is 5.92 Å². The van der Waals surface area contributed by atoms with E-state index < -0.39 is 201 Å². The van der Waals surface area contributed by atoms with Crippen LogP contribution >= 0.6 is 22.5 Å². The average molecular weight is 1830 g/mol. The number of carbonyl (C=O) groups is 7. The summed E-state index contributed by atoms with van der Waals surface area (Å²) < 4.78 is 44.4. The van der Waals surface area contributed by atoms with Gasteiger partial charge in [0.15, 0.2) is 11.5 Å². The predicted octanol–water partition coefficient (Wildman–Crippen LogP) is -1.65. The van der Waals surface area contributed by atoms with Gasteiger partial charge in [-0.25, -0.2) is 0 Å². The van der Waals surface area contributed by atoms with Crippen LogP contribution in [0, 0.1) is 94.0 Å². The molecule has 4 heterocycles. The van der Waals surface area contributed by atoms with Crippen LogP contribution in [0.4, 0.5) is 0 Å². The van der Waals surface area contributed by atoms with E-state index in [1.165, 1.54) is 30.4 Å². The molecular formula is C61H86Ac2N10O22S2. The van der Waals surface area contributed by atoms with Gasteiger partial charge in [0.05, 0.1) is 62.5 Å². The maximum atomic E-state index is 15.0. The number of phenolic OH excluding ortho intramolecular Hbond substituents is 1. The minimum Gasteiger partial charge on any atom is -0.504 e. The first-order valence-electron chi connectivity index (χ1n) is 31.0. The van der Waals surface area contributed by atoms with Gasteiger partial charge in [-0.1, -0.05) is 55.7 Å². The van der Waals surface area contributed by atoms with E-state index in [4.69, 9.17) is 9.47 Å². The van der Waals surface area contributed by atoms with Crippen molar-refractivity contribution in [2.45, 2.75) is 151 Å². The van der Waals surface area contributed by atoms with Crippen LogP contribution in [0.5, 0.6) is 17.2 Å². The minimum absolute atomic E-state index is 0. The Morgan fingerprint density at radius 1 is 0.722 bits per heavy atom. The number of rotatable bonds is 26. The Kier molecular flexibility index (Phi) is 34.1. The number of aromatic nitrogens is 2. The molecule has 97 heavy (non-hydrogen) atoms. The first-order valence-corrected chi connectivity index (χ1v) is 33.3. The number of methoxy groups -OCH3 is 1. The molecule has 4 aromatic rings. The zero-order valence-electron chi connectivity index (χ0n) is 53.7. The number of amides is 7. The number of aliphatic hydroxyl groups excluding tert-OH is 8. The molecule has 13 atom stereocenters. The molecule has 1 aromatic heterocycles. The molecule has 7 rings (SSSR count). The maximum Gasteiger partial charge on any atom is 0.266 e. The predicted molar refractivity (Wildman–Crippen MR) is 341 cm³/mol. The van der Waals surface area contributed by atoms with Gasteiger partial charge >= 0.3 is 0 Å². The van der Waals surface area contributed by atoms with Crippen LogP contribution in [0.1, 0.15) is 81.1 Å². The molecule has 3 aliphatic rings. The van der Waals surface area contributed by atoms with E-state index in [0.717, 1.165) is 79.2 Å². The van der Waals surface area contributed by atoms with E-state index in [1.54, 1.807) is 19.2 Å². The quantitative estimate of drug-likeness (QED) is 0.0313. The molecule has 530 valence electrons. The number of β-amino-alcohol motifs (C(OH)–C–C–N with tert-alkyl or cyclic N) is 1. The number of aromatic hydroxyl groups is 1. The third-order valence-electron chi connectivity index (χ3n) is 16.4. The van der Waals surface area contributed by atoms with Crippen LogP contribution in [-0.4, -0.2) is 260 Å². The number of nitrogens with one attached hydrogen (secondary N) is 6. The van der Waals surface area contributed by atoms with Crippen molar-refractivity contribution in [3.05, 3.63) is 77.9 Å². The third-order valence-corrected chi connectivity index (χ3v) is 17.8. The van der Waals surface area contributed by atoms with Crippen molar-refractivity contribution in [2.75, 3.05) is 59.7 Å². The second kappa shape index (κ2) is 39.7. The Morgan fingerprint density at radius 2 is 1.32 bits per heavy atom. The molecule has 3 saturated heterocycles. The second-order valence-corrected chi connectivity index (χ2v) is 25.9. The van der Waals surface area contributed by atoms with E-state index in [-0.39, 0.29) is 112 Å². The van der Waals surface area contributed by atoms with Gasteiger partial charge in [0.25, 0.3) is 17.1 Å². The number of carbonyl (C=O) groups excluding carboxylic acids is 7. The SMILES string of the molecule is COCCCCCCCOc1ccc(-c2nnc(-c3ccc(C(=O)NC4C[C@@H](O)CNC(=O)[C@@H]5[C@@H](O)[C@@H](C)CN5C(=O)[C@H]([C@H](O)CCNC(CO)CO)NC(=O)[C@H]([C@H](O)Cc5ccc(O)c(OS(O)(O)O)c5)NC(=O)[C@@H]5C[C@@H](O)CN5C(=O)[C@H]([C@@H](C)O)NC4=O)cc3)s2)cc1.[Ac].[Ac]. The normalized spacial score (nSPS) is 24.2. The Hall–Kier alpha value is -4.38. The Labute approximate surface area is 636 Å². The zero-order valence-corrected chi connectivity index (χ0v) is 64.8. The maximum absolute atomic E-state index is 15.0. The molecule has 0 saturated carbocycles. The number of nitrogens with zero attached hydrogens (tertiary/aromatic N) is 4. The van der Waals surface area contributed by atoms with E-state index in [1.807, 2.05) is 24.3 Å². The number of ether oxygens (including phenoxy) is 2. The van der Waals surface area contributed by atoms with Crippen molar-refractivity contribution in [1.82, 2.24) is 51.9 Å². The summed E-state index contributed by atoms with van der Waals surface area (Å²) in [6.07, 6.45) is -7.90. The Bertz CT molecular complexity index is 3230. The van der Waals surface area contributed by atoms with Crippen molar-refractivity contribution in [1.29, 1.82) is 0 Å². The van der Waals surface area contributed by atoms with Crippen molar-refractivity contribution < 1.29 is 195 Å². The van der Waals surface area contributed by atoms with Gasteiger partial charge in [-0.2, -0.15) is 0 Å². The van der Waals surface area contributed by atoms with Gasteiger partial charge in [-0.15, -0.1) is 10.2 Å². The first kappa shape index (κ1) is 83.3. The van der Waals surface area contributed by atoms with E-state index in [9.17, 15) is 93.2 Å². The van der Waals surface area contributed by atoms with Crippen molar-refractivity contribution in [3.63, 3.8) is 0 Å². The van der Waals surface area contributed by atoms with Gasteiger partial charge in [0.1, 0.15) is 52.0 Å². The fourth-order valence-electron chi connectivity index (χ4n) is 11.2. The molecular weight excluding hydrogens is 1740 g/mol. The average Bonchev–Trinajstić information content (AvgIpc) is 1.68. The smallest absolute Gasteiger partial charge is 0.266 e. The second-order valence-electron chi connectivity index (χ2n) is 23.8. The molecule has 3 aromatic carbocycles.